The lowest BCUT2D eigenvalue weighted by Gasteiger charge is -2.08. The van der Waals surface area contributed by atoms with E-state index in [2.05, 4.69) is 15.4 Å². The highest BCUT2D eigenvalue weighted by Gasteiger charge is 2.29. The van der Waals surface area contributed by atoms with Crippen LogP contribution in [-0.2, 0) is 14.8 Å². The maximum atomic E-state index is 12.5. The van der Waals surface area contributed by atoms with Crippen LogP contribution in [-0.4, -0.2) is 28.5 Å². The fourth-order valence-corrected chi connectivity index (χ4v) is 3.07. The molecule has 1 aromatic heterocycles. The summed E-state index contributed by atoms with van der Waals surface area (Å²) in [7, 11) is -3.76. The molecule has 1 fully saturated rings. The van der Waals surface area contributed by atoms with E-state index in [4.69, 9.17) is 0 Å². The predicted octanol–water partition coefficient (Wildman–Crippen LogP) is 1.99. The molecule has 0 saturated heterocycles. The SMILES string of the molecule is CC(C)C(=O)Nc1ccc(S(=O)(=O)n2cnc(C3CC3)n2)cc1. The number of anilines is 1. The van der Waals surface area contributed by atoms with Crippen molar-refractivity contribution in [1.29, 1.82) is 0 Å². The molecule has 0 spiro atoms. The summed E-state index contributed by atoms with van der Waals surface area (Å²) in [4.78, 5) is 15.8. The zero-order chi connectivity index (χ0) is 16.6. The minimum atomic E-state index is -3.76. The van der Waals surface area contributed by atoms with Crippen molar-refractivity contribution < 1.29 is 13.2 Å². The molecular formula is C15H18N4O3S. The van der Waals surface area contributed by atoms with Gasteiger partial charge in [-0.15, -0.1) is 9.19 Å². The molecular weight excluding hydrogens is 316 g/mol. The molecule has 7 nitrogen and oxygen atoms in total. The Morgan fingerprint density at radius 1 is 1.26 bits per heavy atom. The smallest absolute Gasteiger partial charge is 0.284 e. The third kappa shape index (κ3) is 3.26. The number of benzene rings is 1. The largest absolute Gasteiger partial charge is 0.326 e. The minimum absolute atomic E-state index is 0.104. The molecule has 0 aliphatic heterocycles. The van der Waals surface area contributed by atoms with Gasteiger partial charge >= 0.3 is 0 Å². The average molecular weight is 334 g/mol. The molecule has 23 heavy (non-hydrogen) atoms. The van der Waals surface area contributed by atoms with E-state index >= 15 is 0 Å². The molecule has 1 heterocycles. The number of aromatic nitrogens is 3. The molecule has 0 atom stereocenters. The fourth-order valence-electron chi connectivity index (χ4n) is 2.01. The summed E-state index contributed by atoms with van der Waals surface area (Å²) >= 11 is 0. The number of hydrogen-bond donors (Lipinski definition) is 1. The zero-order valence-electron chi connectivity index (χ0n) is 12.9. The van der Waals surface area contributed by atoms with E-state index in [1.807, 2.05) is 0 Å². The van der Waals surface area contributed by atoms with Gasteiger partial charge in [0.1, 0.15) is 6.33 Å². The first-order valence-electron chi connectivity index (χ1n) is 7.46. The number of nitrogens with zero attached hydrogens (tertiary/aromatic N) is 3. The van der Waals surface area contributed by atoms with E-state index in [0.717, 1.165) is 16.9 Å². The summed E-state index contributed by atoms with van der Waals surface area (Å²) in [6.07, 6.45) is 3.25. The summed E-state index contributed by atoms with van der Waals surface area (Å²) < 4.78 is 25.9. The predicted molar refractivity (Wildman–Crippen MR) is 84.5 cm³/mol. The first-order chi connectivity index (χ1) is 10.9. The van der Waals surface area contributed by atoms with E-state index in [1.54, 1.807) is 26.0 Å². The minimum Gasteiger partial charge on any atom is -0.326 e. The van der Waals surface area contributed by atoms with Gasteiger partial charge in [-0.25, -0.2) is 4.98 Å². The molecule has 122 valence electrons. The van der Waals surface area contributed by atoms with Crippen molar-refractivity contribution in [3.8, 4) is 0 Å². The maximum Gasteiger partial charge on any atom is 0.284 e. The Kier molecular flexibility index (Phi) is 3.93. The Balaban J connectivity index is 1.80. The highest BCUT2D eigenvalue weighted by Crippen LogP contribution is 2.37. The molecule has 1 N–H and O–H groups in total. The molecule has 1 aliphatic carbocycles. The Morgan fingerprint density at radius 3 is 2.48 bits per heavy atom. The summed E-state index contributed by atoms with van der Waals surface area (Å²) in [6.45, 7) is 3.58. The summed E-state index contributed by atoms with van der Waals surface area (Å²) in [5, 5.41) is 6.78. The van der Waals surface area contributed by atoms with Gasteiger partial charge in [-0.1, -0.05) is 13.8 Å². The van der Waals surface area contributed by atoms with Crippen LogP contribution in [0.4, 0.5) is 5.69 Å². The summed E-state index contributed by atoms with van der Waals surface area (Å²) in [5.74, 6) is 0.606. The van der Waals surface area contributed by atoms with Gasteiger partial charge in [0.2, 0.25) is 5.91 Å². The zero-order valence-corrected chi connectivity index (χ0v) is 13.7. The Labute approximate surface area is 134 Å². The lowest BCUT2D eigenvalue weighted by atomic mass is 10.2. The summed E-state index contributed by atoms with van der Waals surface area (Å²) in [6, 6.07) is 6.02. The lowest BCUT2D eigenvalue weighted by molar-refractivity contribution is -0.118. The van der Waals surface area contributed by atoms with Gasteiger partial charge in [0.15, 0.2) is 5.82 Å². The molecule has 0 radical (unpaired) electrons. The van der Waals surface area contributed by atoms with Crippen LogP contribution in [0, 0.1) is 5.92 Å². The van der Waals surface area contributed by atoms with Crippen LogP contribution in [0.5, 0.6) is 0 Å². The third-order valence-electron chi connectivity index (χ3n) is 3.62. The first kappa shape index (κ1) is 15.7. The summed E-state index contributed by atoms with van der Waals surface area (Å²) in [5.41, 5.74) is 0.555. The Morgan fingerprint density at radius 2 is 1.91 bits per heavy atom. The molecule has 1 aliphatic rings. The Bertz CT molecular complexity index is 821. The molecule has 0 bridgehead atoms. The fraction of sp³-hybridized carbons (Fsp3) is 0.400. The van der Waals surface area contributed by atoms with Crippen molar-refractivity contribution in [3.63, 3.8) is 0 Å². The molecule has 1 saturated carbocycles. The van der Waals surface area contributed by atoms with Crippen molar-refractivity contribution in [3.05, 3.63) is 36.4 Å². The molecule has 0 unspecified atom stereocenters. The van der Waals surface area contributed by atoms with Crippen molar-refractivity contribution in [2.24, 2.45) is 5.92 Å². The quantitative estimate of drug-likeness (QED) is 0.902. The Hall–Kier alpha value is -2.22. The number of nitrogens with one attached hydrogen (secondary N) is 1. The highest BCUT2D eigenvalue weighted by molar-refractivity contribution is 7.89. The van der Waals surface area contributed by atoms with Crippen molar-refractivity contribution in [2.45, 2.75) is 37.5 Å². The lowest BCUT2D eigenvalue weighted by Crippen LogP contribution is -2.18. The number of rotatable bonds is 5. The second-order valence-electron chi connectivity index (χ2n) is 5.92. The van der Waals surface area contributed by atoms with Gasteiger partial charge < -0.3 is 5.32 Å². The first-order valence-corrected chi connectivity index (χ1v) is 8.90. The molecule has 2 aromatic rings. The van der Waals surface area contributed by atoms with Crippen LogP contribution in [0.3, 0.4) is 0 Å². The number of hydrogen-bond acceptors (Lipinski definition) is 5. The van der Waals surface area contributed by atoms with Gasteiger partial charge in [-0.2, -0.15) is 8.42 Å². The van der Waals surface area contributed by atoms with E-state index in [-0.39, 0.29) is 16.7 Å². The van der Waals surface area contributed by atoms with Crippen LogP contribution in [0.15, 0.2) is 35.5 Å². The van der Waals surface area contributed by atoms with Gasteiger partial charge in [0.25, 0.3) is 10.0 Å². The van der Waals surface area contributed by atoms with Crippen LogP contribution in [0.2, 0.25) is 0 Å². The third-order valence-corrected chi connectivity index (χ3v) is 5.16. The van der Waals surface area contributed by atoms with E-state index in [1.165, 1.54) is 18.5 Å². The van der Waals surface area contributed by atoms with Gasteiger partial charge in [-0.05, 0) is 37.1 Å². The van der Waals surface area contributed by atoms with Gasteiger partial charge in [0, 0.05) is 17.5 Å². The van der Waals surface area contributed by atoms with Crippen LogP contribution < -0.4 is 5.32 Å². The average Bonchev–Trinajstić information content (AvgIpc) is 3.24. The van der Waals surface area contributed by atoms with Crippen LogP contribution in [0.1, 0.15) is 38.4 Å². The van der Waals surface area contributed by atoms with Crippen molar-refractivity contribution in [1.82, 2.24) is 14.2 Å². The highest BCUT2D eigenvalue weighted by atomic mass is 32.2. The van der Waals surface area contributed by atoms with Crippen molar-refractivity contribution in [2.75, 3.05) is 5.32 Å². The van der Waals surface area contributed by atoms with E-state index in [9.17, 15) is 13.2 Å². The monoisotopic (exact) mass is 334 g/mol. The molecule has 1 aromatic carbocycles. The van der Waals surface area contributed by atoms with Crippen LogP contribution >= 0.6 is 0 Å². The van der Waals surface area contributed by atoms with Crippen molar-refractivity contribution >= 4 is 21.6 Å². The number of amides is 1. The second kappa shape index (κ2) is 5.77. The number of carbonyl (C=O) groups is 1. The number of carbonyl (C=O) groups excluding carboxylic acids is 1. The molecule has 1 amide bonds. The van der Waals surface area contributed by atoms with E-state index < -0.39 is 10.0 Å². The second-order valence-corrected chi connectivity index (χ2v) is 7.72. The topological polar surface area (TPSA) is 94.0 Å². The normalized spacial score (nSPS) is 14.9. The molecule has 3 rings (SSSR count). The van der Waals surface area contributed by atoms with Gasteiger partial charge in [0.05, 0.1) is 4.90 Å². The standard InChI is InChI=1S/C15H18N4O3S/c1-10(2)15(20)17-12-5-7-13(8-6-12)23(21,22)19-9-16-14(18-19)11-3-4-11/h5-11H,3-4H2,1-2H3,(H,17,20). The van der Waals surface area contributed by atoms with Gasteiger partial charge in [-0.3, -0.25) is 4.79 Å². The van der Waals surface area contributed by atoms with E-state index in [0.29, 0.717) is 17.4 Å². The molecule has 8 heteroatoms. The maximum absolute atomic E-state index is 12.5. The van der Waals surface area contributed by atoms with Crippen LogP contribution in [0.25, 0.3) is 0 Å².